The van der Waals surface area contributed by atoms with E-state index < -0.39 is 65.7 Å². The monoisotopic (exact) mass is 703 g/mol. The van der Waals surface area contributed by atoms with Crippen molar-refractivity contribution in [2.45, 2.75) is 73.1 Å². The van der Waals surface area contributed by atoms with Crippen LogP contribution < -0.4 is 4.74 Å². The first kappa shape index (κ1) is 34.6. The number of aliphatic carboxylic acids is 1. The quantitative estimate of drug-likeness (QED) is 0.123. The van der Waals surface area contributed by atoms with Crippen molar-refractivity contribution < 1.29 is 64.0 Å². The zero-order valence-corrected chi connectivity index (χ0v) is 27.4. The van der Waals surface area contributed by atoms with E-state index in [1.165, 1.54) is 36.4 Å². The highest BCUT2D eigenvalue weighted by atomic mass is 16.7. The van der Waals surface area contributed by atoms with Gasteiger partial charge in [-0.3, -0.25) is 0 Å². The van der Waals surface area contributed by atoms with Crippen LogP contribution in [0.15, 0.2) is 84.6 Å². The third-order valence-electron chi connectivity index (χ3n) is 10.6. The van der Waals surface area contributed by atoms with Crippen molar-refractivity contribution in [2.24, 2.45) is 0 Å². The van der Waals surface area contributed by atoms with Crippen LogP contribution in [0.5, 0.6) is 11.5 Å². The summed E-state index contributed by atoms with van der Waals surface area (Å²) in [6.07, 6.45) is -9.28. The molecule has 7 rings (SSSR count). The van der Waals surface area contributed by atoms with Gasteiger partial charge in [0.2, 0.25) is 6.10 Å². The van der Waals surface area contributed by atoms with E-state index in [0.29, 0.717) is 24.9 Å². The third-order valence-corrected chi connectivity index (χ3v) is 10.6. The Bertz CT molecular complexity index is 1870. The lowest BCUT2D eigenvalue weighted by Gasteiger charge is -2.61. The standard InChI is InChI=1S/C37H37NO13/c1-38-17-16-36-25-21-12-13-22(39)30(25)49-31(36)23(14-15-37(36,47)24(38)18-21)48-33(44)26(40)27(41)34(45)51-29(20-10-6-3-7-11-20)35(46)50-28(32(42)43)19-8-4-2-5-9-19/h2-14,24,26-29,31,34,39-41,45,47H,15-18H2,1H3,(H,42,43)/t24-,26-,27-,28+,29+,31+,34?,36?,37-/m1/s1. The molecule has 3 aromatic rings. The van der Waals surface area contributed by atoms with Crippen molar-refractivity contribution in [2.75, 3.05) is 13.6 Å². The van der Waals surface area contributed by atoms with Gasteiger partial charge in [-0.05, 0) is 49.7 Å². The molecule has 6 N–H and O–H groups in total. The zero-order valence-electron chi connectivity index (χ0n) is 27.4. The maximum Gasteiger partial charge on any atom is 0.349 e. The molecule has 51 heavy (non-hydrogen) atoms. The maximum atomic E-state index is 13.3. The van der Waals surface area contributed by atoms with Crippen LogP contribution in [0, 0.1) is 0 Å². The summed E-state index contributed by atoms with van der Waals surface area (Å²) in [6.45, 7) is 0.580. The molecule has 2 bridgehead atoms. The molecule has 14 nitrogen and oxygen atoms in total. The highest BCUT2D eigenvalue weighted by Gasteiger charge is 2.72. The Labute approximate surface area is 291 Å². The number of rotatable bonds is 11. The van der Waals surface area contributed by atoms with Gasteiger partial charge >= 0.3 is 17.9 Å². The Morgan fingerprint density at radius 2 is 1.57 bits per heavy atom. The molecule has 9 atom stereocenters. The van der Waals surface area contributed by atoms with E-state index in [1.54, 1.807) is 42.5 Å². The molecule has 2 heterocycles. The van der Waals surface area contributed by atoms with Crippen LogP contribution in [0.1, 0.15) is 47.3 Å². The summed E-state index contributed by atoms with van der Waals surface area (Å²) in [6, 6.07) is 18.3. The van der Waals surface area contributed by atoms with Gasteiger partial charge in [0, 0.05) is 23.6 Å². The third kappa shape index (κ3) is 5.55. The Balaban J connectivity index is 1.09. The predicted octanol–water partition coefficient (Wildman–Crippen LogP) is 1.38. The lowest BCUT2D eigenvalue weighted by Crippen LogP contribution is -2.74. The number of likely N-dealkylation sites (N-methyl/N-ethyl adjacent to an activating group) is 1. The van der Waals surface area contributed by atoms with E-state index in [1.807, 2.05) is 7.05 Å². The number of hydrogen-bond acceptors (Lipinski definition) is 13. The van der Waals surface area contributed by atoms with Gasteiger partial charge in [0.1, 0.15) is 11.9 Å². The second kappa shape index (κ2) is 13.1. The van der Waals surface area contributed by atoms with Crippen LogP contribution in [0.4, 0.5) is 0 Å². The first-order chi connectivity index (χ1) is 24.4. The SMILES string of the molecule is CN1CCC23c4c5ccc(O)c4O[C@H]2C(OC(=O)[C@H](O)[C@@H](O)C(O)O[C@H](C(=O)O[C@H](C(=O)O)c2ccccc2)c2ccccc2)=CC[C@@]3(O)[C@H]1C5. The van der Waals surface area contributed by atoms with Crippen LogP contribution in [-0.4, -0.2) is 103 Å². The lowest BCUT2D eigenvalue weighted by atomic mass is 9.50. The number of aromatic hydroxyl groups is 1. The number of esters is 2. The number of nitrogens with zero attached hydrogens (tertiary/aromatic N) is 1. The number of carboxylic acids is 1. The van der Waals surface area contributed by atoms with Gasteiger partial charge in [0.05, 0.1) is 11.0 Å². The van der Waals surface area contributed by atoms with E-state index in [9.17, 15) is 45.0 Å². The molecule has 0 aromatic heterocycles. The Morgan fingerprint density at radius 3 is 2.22 bits per heavy atom. The van der Waals surface area contributed by atoms with Gasteiger partial charge in [-0.25, -0.2) is 14.4 Å². The number of carboxylic acid groups (broad SMARTS) is 1. The molecule has 0 saturated carbocycles. The van der Waals surface area contributed by atoms with E-state index in [4.69, 9.17) is 18.9 Å². The minimum atomic E-state index is -2.41. The summed E-state index contributed by atoms with van der Waals surface area (Å²) in [7, 11) is 1.92. The van der Waals surface area contributed by atoms with E-state index in [2.05, 4.69) is 4.90 Å². The van der Waals surface area contributed by atoms with Crippen molar-refractivity contribution in [3.05, 3.63) is 107 Å². The molecular weight excluding hydrogens is 666 g/mol. The second-order valence-electron chi connectivity index (χ2n) is 13.3. The molecule has 0 radical (unpaired) electrons. The number of phenols is 1. The van der Waals surface area contributed by atoms with Crippen LogP contribution >= 0.6 is 0 Å². The smallest absolute Gasteiger partial charge is 0.349 e. The number of carbonyl (C=O) groups is 3. The number of likely N-dealkylation sites (tertiary alicyclic amines) is 1. The van der Waals surface area contributed by atoms with E-state index in [0.717, 1.165) is 5.56 Å². The number of aliphatic hydroxyl groups is 4. The average Bonchev–Trinajstić information content (AvgIpc) is 3.49. The molecule has 0 amide bonds. The lowest BCUT2D eigenvalue weighted by molar-refractivity contribution is -0.225. The predicted molar refractivity (Wildman–Crippen MR) is 174 cm³/mol. The van der Waals surface area contributed by atoms with Crippen molar-refractivity contribution in [3.8, 4) is 11.5 Å². The van der Waals surface area contributed by atoms with Crippen LogP contribution in [0.25, 0.3) is 0 Å². The molecule has 2 aliphatic heterocycles. The van der Waals surface area contributed by atoms with Crippen molar-refractivity contribution in [3.63, 3.8) is 0 Å². The summed E-state index contributed by atoms with van der Waals surface area (Å²) in [5.74, 6) is -4.10. The first-order valence-electron chi connectivity index (χ1n) is 16.5. The summed E-state index contributed by atoms with van der Waals surface area (Å²) in [4.78, 5) is 40.8. The number of piperidine rings is 1. The first-order valence-corrected chi connectivity index (χ1v) is 16.5. The highest BCUT2D eigenvalue weighted by molar-refractivity contribution is 5.82. The maximum absolute atomic E-state index is 13.3. The number of hydrogen-bond donors (Lipinski definition) is 6. The van der Waals surface area contributed by atoms with Gasteiger partial charge in [-0.15, -0.1) is 0 Å². The summed E-state index contributed by atoms with van der Waals surface area (Å²) in [5.41, 5.74) is -0.605. The topological polar surface area (TPSA) is 213 Å². The minimum Gasteiger partial charge on any atom is -0.504 e. The normalized spacial score (nSPS) is 27.4. The number of aliphatic hydroxyl groups excluding tert-OH is 3. The average molecular weight is 704 g/mol. The van der Waals surface area contributed by atoms with Crippen LogP contribution in [-0.2, 0) is 40.4 Å². The molecule has 2 unspecified atom stereocenters. The Kier molecular flexibility index (Phi) is 8.86. The largest absolute Gasteiger partial charge is 0.504 e. The zero-order chi connectivity index (χ0) is 36.2. The van der Waals surface area contributed by atoms with Gasteiger partial charge in [0.25, 0.3) is 0 Å². The van der Waals surface area contributed by atoms with Gasteiger partial charge in [-0.1, -0.05) is 66.7 Å². The van der Waals surface area contributed by atoms with E-state index in [-0.39, 0.29) is 40.8 Å². The Hall–Kier alpha value is -4.83. The molecule has 3 aromatic carbocycles. The molecule has 1 saturated heterocycles. The number of phenolic OH excluding ortho intramolecular Hbond substituents is 1. The van der Waals surface area contributed by atoms with Gasteiger partial charge in [-0.2, -0.15) is 0 Å². The fourth-order valence-corrected chi connectivity index (χ4v) is 8.09. The molecule has 1 spiro atoms. The number of ether oxygens (including phenoxy) is 4. The summed E-state index contributed by atoms with van der Waals surface area (Å²) < 4.78 is 22.5. The number of carbonyl (C=O) groups excluding carboxylic acids is 2. The second-order valence-corrected chi connectivity index (χ2v) is 13.3. The Morgan fingerprint density at radius 1 is 0.922 bits per heavy atom. The van der Waals surface area contributed by atoms with Crippen molar-refractivity contribution in [1.82, 2.24) is 4.90 Å². The fraction of sp³-hybridized carbons (Fsp3) is 0.378. The van der Waals surface area contributed by atoms with Gasteiger partial charge in [0.15, 0.2) is 36.1 Å². The van der Waals surface area contributed by atoms with Crippen LogP contribution in [0.2, 0.25) is 0 Å². The molecule has 268 valence electrons. The number of benzene rings is 3. The minimum absolute atomic E-state index is 0.0514. The summed E-state index contributed by atoms with van der Waals surface area (Å²) in [5, 5.41) is 65.4. The highest BCUT2D eigenvalue weighted by Crippen LogP contribution is 2.65. The molecule has 1 fully saturated rings. The van der Waals surface area contributed by atoms with Crippen molar-refractivity contribution in [1.29, 1.82) is 0 Å². The molecule has 14 heteroatoms. The molecular formula is C37H37NO13. The van der Waals surface area contributed by atoms with E-state index >= 15 is 0 Å². The molecule has 2 aliphatic carbocycles. The molecule has 4 aliphatic rings. The fourth-order valence-electron chi connectivity index (χ4n) is 8.09. The van der Waals surface area contributed by atoms with Gasteiger partial charge < -0.3 is 54.5 Å². The van der Waals surface area contributed by atoms with Crippen LogP contribution in [0.3, 0.4) is 0 Å². The van der Waals surface area contributed by atoms with Crippen molar-refractivity contribution >= 4 is 17.9 Å². The summed E-state index contributed by atoms with van der Waals surface area (Å²) >= 11 is 0.